The third-order valence-electron chi connectivity index (χ3n) is 7.48. The van der Waals surface area contributed by atoms with Gasteiger partial charge in [0.25, 0.3) is 5.91 Å². The molecule has 2 unspecified atom stereocenters. The predicted octanol–water partition coefficient (Wildman–Crippen LogP) is 7.76. The zero-order valence-electron chi connectivity index (χ0n) is 26.4. The molecule has 3 amide bonds. The van der Waals surface area contributed by atoms with Gasteiger partial charge in [0.2, 0.25) is 5.91 Å². The number of hydrogen-bond acceptors (Lipinski definition) is 5. The third-order valence-corrected chi connectivity index (χ3v) is 7.84. The molecule has 0 saturated heterocycles. The number of unbranched alkanes of at least 4 members (excludes halogenated alkanes) is 4. The van der Waals surface area contributed by atoms with Crippen LogP contribution in [-0.4, -0.2) is 46.7 Å². The number of alkyl carbamates (subject to hydrolysis) is 1. The molecule has 232 valence electrons. The Kier molecular flexibility index (Phi) is 12.5. The molecular formula is C35H47N3O4S. The Morgan fingerprint density at radius 3 is 2.28 bits per heavy atom. The summed E-state index contributed by atoms with van der Waals surface area (Å²) in [4.78, 5) is 42.8. The van der Waals surface area contributed by atoms with Crippen LogP contribution in [0.25, 0.3) is 10.8 Å². The van der Waals surface area contributed by atoms with Crippen LogP contribution in [0.5, 0.6) is 0 Å². The van der Waals surface area contributed by atoms with Crippen LogP contribution in [0, 0.1) is 13.8 Å². The molecule has 8 heteroatoms. The van der Waals surface area contributed by atoms with Crippen LogP contribution in [-0.2, 0) is 14.3 Å². The number of ether oxygens (including phenoxy) is 1. The first kappa shape index (κ1) is 34.0. The maximum Gasteiger partial charge on any atom is 0.408 e. The summed E-state index contributed by atoms with van der Waals surface area (Å²) in [5, 5.41) is 7.86. The Labute approximate surface area is 262 Å². The molecular weight excluding hydrogens is 558 g/mol. The fourth-order valence-corrected chi connectivity index (χ4v) is 5.33. The van der Waals surface area contributed by atoms with E-state index in [1.54, 1.807) is 25.7 Å². The number of nitrogens with zero attached hydrogens (tertiary/aromatic N) is 1. The average molecular weight is 606 g/mol. The van der Waals surface area contributed by atoms with E-state index in [1.165, 1.54) is 0 Å². The summed E-state index contributed by atoms with van der Waals surface area (Å²) in [6.45, 7) is 11.8. The van der Waals surface area contributed by atoms with Gasteiger partial charge in [0.05, 0.1) is 0 Å². The van der Waals surface area contributed by atoms with Gasteiger partial charge in [-0.15, -0.1) is 0 Å². The van der Waals surface area contributed by atoms with Crippen LogP contribution >= 0.6 is 12.6 Å². The fraction of sp³-hybridized carbons (Fsp3) is 0.457. The first-order chi connectivity index (χ1) is 20.4. The van der Waals surface area contributed by atoms with E-state index in [0.29, 0.717) is 12.2 Å². The molecule has 0 aliphatic rings. The van der Waals surface area contributed by atoms with Crippen molar-refractivity contribution in [3.63, 3.8) is 0 Å². The molecule has 2 atom stereocenters. The fourth-order valence-electron chi connectivity index (χ4n) is 5.09. The number of nitrogens with one attached hydrogen (secondary N) is 2. The second-order valence-electron chi connectivity index (χ2n) is 12.1. The lowest BCUT2D eigenvalue weighted by Crippen LogP contribution is -2.53. The summed E-state index contributed by atoms with van der Waals surface area (Å²) < 4.78 is 5.43. The Balaban J connectivity index is 2.02. The molecule has 2 N–H and O–H groups in total. The van der Waals surface area contributed by atoms with E-state index < -0.39 is 23.8 Å². The van der Waals surface area contributed by atoms with Crippen molar-refractivity contribution in [1.82, 2.24) is 10.2 Å². The minimum absolute atomic E-state index is 0.0518. The van der Waals surface area contributed by atoms with Gasteiger partial charge in [-0.05, 0) is 80.6 Å². The topological polar surface area (TPSA) is 87.7 Å². The summed E-state index contributed by atoms with van der Waals surface area (Å²) in [5.41, 5.74) is 2.62. The minimum Gasteiger partial charge on any atom is -0.444 e. The zero-order chi connectivity index (χ0) is 31.6. The highest BCUT2D eigenvalue weighted by molar-refractivity contribution is 7.80. The van der Waals surface area contributed by atoms with Crippen LogP contribution in [0.1, 0.15) is 82.5 Å². The Morgan fingerprint density at radius 1 is 0.907 bits per heavy atom. The highest BCUT2D eigenvalue weighted by Crippen LogP contribution is 2.30. The number of carbonyl (C=O) groups excluding carboxylic acids is 3. The Bertz CT molecular complexity index is 1400. The lowest BCUT2D eigenvalue weighted by Gasteiger charge is -2.35. The number of carbonyl (C=O) groups is 3. The quantitative estimate of drug-likeness (QED) is 0.137. The second kappa shape index (κ2) is 15.8. The van der Waals surface area contributed by atoms with Crippen molar-refractivity contribution in [2.45, 2.75) is 91.3 Å². The van der Waals surface area contributed by atoms with Gasteiger partial charge in [0.1, 0.15) is 17.7 Å². The Morgan fingerprint density at radius 2 is 1.60 bits per heavy atom. The van der Waals surface area contributed by atoms with Crippen molar-refractivity contribution in [2.24, 2.45) is 0 Å². The summed E-state index contributed by atoms with van der Waals surface area (Å²) in [7, 11) is 0. The predicted molar refractivity (Wildman–Crippen MR) is 179 cm³/mol. The Hall–Kier alpha value is -3.52. The van der Waals surface area contributed by atoms with Gasteiger partial charge >= 0.3 is 6.09 Å². The van der Waals surface area contributed by atoms with Crippen LogP contribution in [0.4, 0.5) is 10.5 Å². The van der Waals surface area contributed by atoms with Gasteiger partial charge in [0.15, 0.2) is 0 Å². The van der Waals surface area contributed by atoms with Crippen LogP contribution < -0.4 is 10.6 Å². The smallest absolute Gasteiger partial charge is 0.408 e. The average Bonchev–Trinajstić information content (AvgIpc) is 2.95. The van der Waals surface area contributed by atoms with Crippen molar-refractivity contribution in [3.8, 4) is 0 Å². The number of aryl methyl sites for hydroxylation is 1. The summed E-state index contributed by atoms with van der Waals surface area (Å²) >= 11 is 4.41. The number of thiol groups is 1. The monoisotopic (exact) mass is 605 g/mol. The minimum atomic E-state index is -0.977. The van der Waals surface area contributed by atoms with E-state index in [4.69, 9.17) is 4.74 Å². The molecule has 0 heterocycles. The first-order valence-corrected chi connectivity index (χ1v) is 15.8. The molecule has 0 fully saturated rings. The number of anilines is 1. The number of amides is 3. The normalized spacial score (nSPS) is 12.8. The molecule has 0 spiro atoms. The SMILES string of the molecule is CCCCCCCN(C(=O)C(CS)NC(=O)OC(C)(C)C)C(C(=O)Nc1ccc2ccccc2c1)c1cccc(C)c1C. The molecule has 43 heavy (non-hydrogen) atoms. The molecule has 3 aromatic rings. The first-order valence-electron chi connectivity index (χ1n) is 15.2. The van der Waals surface area contributed by atoms with E-state index in [0.717, 1.165) is 59.6 Å². The standard InChI is InChI=1S/C35H47N3O4S/c1-7-8-9-10-13-21-38(33(40)30(23-43)37-34(41)42-35(4,5)6)31(29-18-14-15-24(2)25(29)3)32(39)36-28-20-19-26-16-11-12-17-27(26)22-28/h11-12,14-20,22,30-31,43H,7-10,13,21,23H2,1-6H3,(H,36,39)(H,37,41). The molecule has 0 aliphatic carbocycles. The van der Waals surface area contributed by atoms with E-state index >= 15 is 0 Å². The molecule has 0 aliphatic heterocycles. The number of hydrogen-bond donors (Lipinski definition) is 3. The van der Waals surface area contributed by atoms with Crippen molar-refractivity contribution < 1.29 is 19.1 Å². The van der Waals surface area contributed by atoms with Gasteiger partial charge in [-0.3, -0.25) is 9.59 Å². The summed E-state index contributed by atoms with van der Waals surface area (Å²) in [6.07, 6.45) is 4.20. The van der Waals surface area contributed by atoms with Gasteiger partial charge in [-0.2, -0.15) is 12.6 Å². The summed E-state index contributed by atoms with van der Waals surface area (Å²) in [5.74, 6) is -0.645. The second-order valence-corrected chi connectivity index (χ2v) is 12.4. The van der Waals surface area contributed by atoms with Gasteiger partial charge in [-0.1, -0.05) is 81.1 Å². The lowest BCUT2D eigenvalue weighted by molar-refractivity contribution is -0.140. The highest BCUT2D eigenvalue weighted by Gasteiger charge is 2.36. The van der Waals surface area contributed by atoms with E-state index in [9.17, 15) is 14.4 Å². The number of benzene rings is 3. The van der Waals surface area contributed by atoms with E-state index in [1.807, 2.05) is 74.5 Å². The molecule has 7 nitrogen and oxygen atoms in total. The zero-order valence-corrected chi connectivity index (χ0v) is 27.3. The lowest BCUT2D eigenvalue weighted by atomic mass is 9.94. The number of fused-ring (bicyclic) bond motifs is 1. The number of rotatable bonds is 13. The maximum atomic E-state index is 14.3. The summed E-state index contributed by atoms with van der Waals surface area (Å²) in [6, 6.07) is 17.6. The van der Waals surface area contributed by atoms with Gasteiger partial charge < -0.3 is 20.3 Å². The molecule has 0 aromatic heterocycles. The molecule has 0 saturated carbocycles. The largest absolute Gasteiger partial charge is 0.444 e. The van der Waals surface area contributed by atoms with E-state index in [2.05, 4.69) is 30.2 Å². The van der Waals surface area contributed by atoms with Crippen molar-refractivity contribution >= 4 is 47.0 Å². The molecule has 0 radical (unpaired) electrons. The van der Waals surface area contributed by atoms with Crippen molar-refractivity contribution in [1.29, 1.82) is 0 Å². The van der Waals surface area contributed by atoms with Crippen LogP contribution in [0.15, 0.2) is 60.7 Å². The van der Waals surface area contributed by atoms with Crippen molar-refractivity contribution in [2.75, 3.05) is 17.6 Å². The maximum absolute atomic E-state index is 14.3. The molecule has 3 rings (SSSR count). The molecule has 3 aromatic carbocycles. The third kappa shape index (κ3) is 9.75. The van der Waals surface area contributed by atoms with Gasteiger partial charge in [-0.25, -0.2) is 4.79 Å². The van der Waals surface area contributed by atoms with Crippen LogP contribution in [0.2, 0.25) is 0 Å². The molecule has 0 bridgehead atoms. The van der Waals surface area contributed by atoms with Crippen molar-refractivity contribution in [3.05, 3.63) is 77.4 Å². The van der Waals surface area contributed by atoms with Gasteiger partial charge in [0, 0.05) is 18.0 Å². The van der Waals surface area contributed by atoms with Crippen LogP contribution in [0.3, 0.4) is 0 Å². The van der Waals surface area contributed by atoms with E-state index in [-0.39, 0.29) is 17.6 Å². The highest BCUT2D eigenvalue weighted by atomic mass is 32.1.